The van der Waals surface area contributed by atoms with Gasteiger partial charge in [-0.05, 0) is 18.6 Å². The van der Waals surface area contributed by atoms with Gasteiger partial charge in [0.1, 0.15) is 6.54 Å². The summed E-state index contributed by atoms with van der Waals surface area (Å²) in [6.07, 6.45) is 0.354. The van der Waals surface area contributed by atoms with Crippen LogP contribution in [0.5, 0.6) is 0 Å². The molecule has 0 radical (unpaired) electrons. The van der Waals surface area contributed by atoms with Gasteiger partial charge in [0.25, 0.3) is 0 Å². The van der Waals surface area contributed by atoms with Crippen LogP contribution in [-0.4, -0.2) is 57.4 Å². The number of esters is 1. The van der Waals surface area contributed by atoms with Crippen molar-refractivity contribution in [1.82, 2.24) is 5.32 Å². The van der Waals surface area contributed by atoms with E-state index in [1.165, 1.54) is 20.1 Å². The van der Waals surface area contributed by atoms with Crippen molar-refractivity contribution >= 4 is 33.3 Å². The highest BCUT2D eigenvalue weighted by Crippen LogP contribution is 2.21. The normalized spacial score (nSPS) is 18.4. The van der Waals surface area contributed by atoms with E-state index in [2.05, 4.69) is 5.32 Å². The number of nitrogens with zero attached hydrogens (tertiary/aromatic N) is 1. The van der Waals surface area contributed by atoms with Crippen LogP contribution in [-0.2, 0) is 24.2 Å². The van der Waals surface area contributed by atoms with Gasteiger partial charge >= 0.3 is 5.97 Å². The first-order chi connectivity index (χ1) is 11.7. The summed E-state index contributed by atoms with van der Waals surface area (Å²) in [6, 6.07) is 5.85. The average Bonchev–Trinajstić information content (AvgIpc) is 2.90. The summed E-state index contributed by atoms with van der Waals surface area (Å²) in [5, 5.41) is 2.62. The maximum atomic E-state index is 12.2. The van der Waals surface area contributed by atoms with Crippen LogP contribution >= 0.6 is 0 Å². The monoisotopic (exact) mass is 368 g/mol. The lowest BCUT2D eigenvalue weighted by Gasteiger charge is -2.23. The largest absolute Gasteiger partial charge is 0.465 e. The third kappa shape index (κ3) is 4.79. The molecule has 1 N–H and O–H groups in total. The van der Waals surface area contributed by atoms with Crippen LogP contribution in [0.25, 0.3) is 0 Å². The van der Waals surface area contributed by atoms with Crippen molar-refractivity contribution in [1.29, 1.82) is 0 Å². The van der Waals surface area contributed by atoms with Gasteiger partial charge in [0, 0.05) is 13.0 Å². The Morgan fingerprint density at radius 1 is 1.28 bits per heavy atom. The van der Waals surface area contributed by atoms with E-state index in [-0.39, 0.29) is 29.3 Å². The van der Waals surface area contributed by atoms with Crippen LogP contribution in [0.4, 0.5) is 5.69 Å². The summed E-state index contributed by atoms with van der Waals surface area (Å²) in [4.78, 5) is 37.2. The molecule has 1 saturated heterocycles. The predicted molar refractivity (Wildman–Crippen MR) is 91.0 cm³/mol. The molecule has 136 valence electrons. The van der Waals surface area contributed by atoms with E-state index < -0.39 is 33.7 Å². The van der Waals surface area contributed by atoms with Crippen LogP contribution in [0.15, 0.2) is 24.3 Å². The smallest absolute Gasteiger partial charge is 0.339 e. The number of carbonyl (C=O) groups is 3. The molecule has 1 aromatic carbocycles. The van der Waals surface area contributed by atoms with Crippen LogP contribution in [0.2, 0.25) is 0 Å². The molecule has 1 unspecified atom stereocenters. The van der Waals surface area contributed by atoms with Crippen LogP contribution in [0.1, 0.15) is 23.7 Å². The molecule has 8 nitrogen and oxygen atoms in total. The second-order valence-electron chi connectivity index (χ2n) is 5.78. The van der Waals surface area contributed by atoms with E-state index in [0.717, 1.165) is 4.90 Å². The molecule has 1 heterocycles. The summed E-state index contributed by atoms with van der Waals surface area (Å²) >= 11 is 0. The Kier molecular flexibility index (Phi) is 5.78. The highest BCUT2D eigenvalue weighted by molar-refractivity contribution is 7.91. The molecule has 0 bridgehead atoms. The molecular weight excluding hydrogens is 348 g/mol. The molecule has 2 amide bonds. The zero-order chi connectivity index (χ0) is 18.6. The summed E-state index contributed by atoms with van der Waals surface area (Å²) in [5.74, 6) is -1.59. The molecule has 9 heteroatoms. The number of hydrogen-bond donors (Lipinski definition) is 1. The fourth-order valence-electron chi connectivity index (χ4n) is 2.68. The third-order valence-electron chi connectivity index (χ3n) is 3.88. The number of sulfone groups is 1. The van der Waals surface area contributed by atoms with Crippen molar-refractivity contribution < 1.29 is 27.5 Å². The molecule has 1 aromatic rings. The van der Waals surface area contributed by atoms with Gasteiger partial charge < -0.3 is 15.0 Å². The first kappa shape index (κ1) is 18.9. The zero-order valence-electron chi connectivity index (χ0n) is 14.0. The van der Waals surface area contributed by atoms with Gasteiger partial charge in [-0.25, -0.2) is 13.2 Å². The van der Waals surface area contributed by atoms with Gasteiger partial charge in [0.15, 0.2) is 9.84 Å². The molecule has 0 saturated carbocycles. The van der Waals surface area contributed by atoms with Gasteiger partial charge in [0.05, 0.1) is 29.9 Å². The number of anilines is 1. The molecule has 2 rings (SSSR count). The first-order valence-corrected chi connectivity index (χ1v) is 9.51. The number of rotatable bonds is 5. The lowest BCUT2D eigenvalue weighted by molar-refractivity contribution is -0.123. The quantitative estimate of drug-likeness (QED) is 0.740. The van der Waals surface area contributed by atoms with Gasteiger partial charge in [-0.3, -0.25) is 9.59 Å². The highest BCUT2D eigenvalue weighted by Gasteiger charge is 2.30. The maximum absolute atomic E-state index is 12.2. The summed E-state index contributed by atoms with van der Waals surface area (Å²) in [6.45, 7) is 0.960. The van der Waals surface area contributed by atoms with Crippen LogP contribution < -0.4 is 10.2 Å². The van der Waals surface area contributed by atoms with Gasteiger partial charge in [0.2, 0.25) is 11.8 Å². The molecule has 1 fully saturated rings. The van der Waals surface area contributed by atoms with Crippen molar-refractivity contribution in [2.45, 2.75) is 19.4 Å². The number of benzene rings is 1. The van der Waals surface area contributed by atoms with Gasteiger partial charge in [-0.2, -0.15) is 0 Å². The number of amides is 2. The Morgan fingerprint density at radius 3 is 2.52 bits per heavy atom. The minimum atomic E-state index is -3.12. The van der Waals surface area contributed by atoms with Crippen molar-refractivity contribution in [3.63, 3.8) is 0 Å². The number of methoxy groups -OCH3 is 1. The average molecular weight is 368 g/mol. The molecule has 1 atom stereocenters. The zero-order valence-corrected chi connectivity index (χ0v) is 14.8. The SMILES string of the molecule is COC(=O)c1ccccc1N(CC(=O)NC1CCS(=O)(=O)C1)C(C)=O. The minimum Gasteiger partial charge on any atom is -0.465 e. The second kappa shape index (κ2) is 7.64. The van der Waals surface area contributed by atoms with Gasteiger partial charge in [-0.15, -0.1) is 0 Å². The summed E-state index contributed by atoms with van der Waals surface area (Å²) in [7, 11) is -1.89. The standard InChI is InChI=1S/C16H20N2O6S/c1-11(19)18(14-6-4-3-5-13(14)16(21)24-2)9-15(20)17-12-7-8-25(22,23)10-12/h3-6,12H,7-10H2,1-2H3,(H,17,20). The molecule has 1 aliphatic heterocycles. The van der Waals surface area contributed by atoms with Crippen LogP contribution in [0, 0.1) is 0 Å². The van der Waals surface area contributed by atoms with Crippen molar-refractivity contribution in [3.8, 4) is 0 Å². The van der Waals surface area contributed by atoms with E-state index in [0.29, 0.717) is 6.42 Å². The number of para-hydroxylation sites is 1. The number of carbonyl (C=O) groups excluding carboxylic acids is 3. The van der Waals surface area contributed by atoms with Crippen LogP contribution in [0.3, 0.4) is 0 Å². The van der Waals surface area contributed by atoms with E-state index in [4.69, 9.17) is 4.74 Å². The van der Waals surface area contributed by atoms with E-state index >= 15 is 0 Å². The molecule has 0 aliphatic carbocycles. The fraction of sp³-hybridized carbons (Fsp3) is 0.438. The molecule has 1 aliphatic rings. The molecule has 0 aromatic heterocycles. The number of hydrogen-bond acceptors (Lipinski definition) is 6. The van der Waals surface area contributed by atoms with E-state index in [9.17, 15) is 22.8 Å². The fourth-order valence-corrected chi connectivity index (χ4v) is 4.36. The minimum absolute atomic E-state index is 0.0412. The Morgan fingerprint density at radius 2 is 1.96 bits per heavy atom. The summed E-state index contributed by atoms with van der Waals surface area (Å²) in [5.41, 5.74) is 0.424. The Hall–Kier alpha value is -2.42. The molecule has 25 heavy (non-hydrogen) atoms. The second-order valence-corrected chi connectivity index (χ2v) is 8.01. The Bertz CT molecular complexity index is 790. The van der Waals surface area contributed by atoms with Crippen molar-refractivity contribution in [2.24, 2.45) is 0 Å². The maximum Gasteiger partial charge on any atom is 0.339 e. The molecular formula is C16H20N2O6S. The predicted octanol–water partition coefficient (Wildman–Crippen LogP) is 0.129. The first-order valence-electron chi connectivity index (χ1n) is 7.68. The lowest BCUT2D eigenvalue weighted by atomic mass is 10.1. The van der Waals surface area contributed by atoms with E-state index in [1.807, 2.05) is 0 Å². The van der Waals surface area contributed by atoms with Crippen molar-refractivity contribution in [2.75, 3.05) is 30.1 Å². The lowest BCUT2D eigenvalue weighted by Crippen LogP contribution is -2.44. The Balaban J connectivity index is 2.16. The Labute approximate surface area is 146 Å². The topological polar surface area (TPSA) is 110 Å². The number of nitrogens with one attached hydrogen (secondary N) is 1. The van der Waals surface area contributed by atoms with Gasteiger partial charge in [-0.1, -0.05) is 12.1 Å². The summed E-state index contributed by atoms with van der Waals surface area (Å²) < 4.78 is 27.6. The van der Waals surface area contributed by atoms with E-state index in [1.54, 1.807) is 18.2 Å². The van der Waals surface area contributed by atoms with Crippen molar-refractivity contribution in [3.05, 3.63) is 29.8 Å². The molecule has 0 spiro atoms. The highest BCUT2D eigenvalue weighted by atomic mass is 32.2. The number of ether oxygens (including phenoxy) is 1. The third-order valence-corrected chi connectivity index (χ3v) is 5.65.